The molecule has 0 N–H and O–H groups in total. The zero-order valence-electron chi connectivity index (χ0n) is 42.5. The van der Waals surface area contributed by atoms with Crippen molar-refractivity contribution >= 4 is 0 Å². The van der Waals surface area contributed by atoms with Gasteiger partial charge in [-0.2, -0.15) is 0 Å². The Kier molecular flexibility index (Phi) is 25.2. The fraction of sp³-hybridized carbons (Fsp3) is 0.930. The van der Waals surface area contributed by atoms with Crippen LogP contribution in [-0.4, -0.2) is 89.6 Å². The topological polar surface area (TPSA) is 49.4 Å². The molecule has 1 saturated heterocycles. The number of hydrogen-bond acceptors (Lipinski definition) is 6. The van der Waals surface area contributed by atoms with Crippen LogP contribution in [0.2, 0.25) is 0 Å². The van der Waals surface area contributed by atoms with E-state index in [0.717, 1.165) is 94.2 Å². The highest BCUT2D eigenvalue weighted by atomic mass is 16.6. The molecule has 7 unspecified atom stereocenters. The molecule has 0 aromatic rings. The van der Waals surface area contributed by atoms with Crippen LogP contribution in [0.15, 0.2) is 23.8 Å². The number of morpholine rings is 1. The first-order valence-corrected chi connectivity index (χ1v) is 27.8. The SMILES string of the molecule is CCCCCCCC/C=C\CCCCCCCCOCC(CCN1CCOCC1)OCCOCCOC1CCC2(C)C(=CCC3C2CC[C@@]2(C)C3CCC2[C@@H](C)CCCC(C)C)C1. The summed E-state index contributed by atoms with van der Waals surface area (Å²) in [5, 5.41) is 0. The van der Waals surface area contributed by atoms with E-state index in [9.17, 15) is 0 Å². The highest BCUT2D eigenvalue weighted by Crippen LogP contribution is 2.67. The van der Waals surface area contributed by atoms with Crippen molar-refractivity contribution in [2.24, 2.45) is 46.3 Å². The van der Waals surface area contributed by atoms with E-state index in [1.165, 1.54) is 148 Å². The summed E-state index contributed by atoms with van der Waals surface area (Å²) < 4.78 is 30.8. The van der Waals surface area contributed by atoms with E-state index in [2.05, 4.69) is 64.7 Å². The molecule has 0 aromatic heterocycles. The summed E-state index contributed by atoms with van der Waals surface area (Å²) in [6.45, 7) is 23.9. The summed E-state index contributed by atoms with van der Waals surface area (Å²) in [6.07, 6.45) is 42.7. The normalized spacial score (nSPS) is 29.8. The summed E-state index contributed by atoms with van der Waals surface area (Å²) >= 11 is 0. The van der Waals surface area contributed by atoms with Crippen molar-refractivity contribution in [1.82, 2.24) is 4.90 Å². The monoisotopic (exact) mass is 882 g/mol. The van der Waals surface area contributed by atoms with Crippen LogP contribution in [0.25, 0.3) is 0 Å². The maximum absolute atomic E-state index is 6.52. The smallest absolute Gasteiger partial charge is 0.0821 e. The van der Waals surface area contributed by atoms with Gasteiger partial charge in [0.1, 0.15) is 0 Å². The summed E-state index contributed by atoms with van der Waals surface area (Å²) in [4.78, 5) is 2.50. The van der Waals surface area contributed by atoms with E-state index < -0.39 is 0 Å². The lowest BCUT2D eigenvalue weighted by molar-refractivity contribution is -0.0728. The highest BCUT2D eigenvalue weighted by Gasteiger charge is 2.59. The third kappa shape index (κ3) is 17.7. The maximum Gasteiger partial charge on any atom is 0.0821 e. The van der Waals surface area contributed by atoms with Gasteiger partial charge in [0.05, 0.1) is 58.5 Å². The molecule has 5 aliphatic rings. The van der Waals surface area contributed by atoms with Gasteiger partial charge in [-0.3, -0.25) is 4.90 Å². The molecular formula is C57H103NO5. The van der Waals surface area contributed by atoms with Gasteiger partial charge in [-0.25, -0.2) is 0 Å². The first-order valence-electron chi connectivity index (χ1n) is 27.8. The van der Waals surface area contributed by atoms with Gasteiger partial charge in [-0.15, -0.1) is 0 Å². The van der Waals surface area contributed by atoms with Crippen LogP contribution in [0.5, 0.6) is 0 Å². The Bertz CT molecular complexity index is 1250. The minimum Gasteiger partial charge on any atom is -0.379 e. The van der Waals surface area contributed by atoms with E-state index >= 15 is 0 Å². The quantitative estimate of drug-likeness (QED) is 0.0474. The Hall–Kier alpha value is -0.760. The Morgan fingerprint density at radius 3 is 2.17 bits per heavy atom. The van der Waals surface area contributed by atoms with Crippen LogP contribution < -0.4 is 0 Å². The number of ether oxygens (including phenoxy) is 5. The molecular weight excluding hydrogens is 779 g/mol. The molecule has 4 fully saturated rings. The third-order valence-electron chi connectivity index (χ3n) is 17.4. The number of fused-ring (bicyclic) bond motifs is 5. The van der Waals surface area contributed by atoms with E-state index in [-0.39, 0.29) is 6.10 Å². The molecule has 0 bridgehead atoms. The van der Waals surface area contributed by atoms with Crippen molar-refractivity contribution in [3.05, 3.63) is 23.8 Å². The molecule has 0 aromatic carbocycles. The molecule has 63 heavy (non-hydrogen) atoms. The predicted octanol–water partition coefficient (Wildman–Crippen LogP) is 14.6. The van der Waals surface area contributed by atoms with E-state index in [4.69, 9.17) is 23.7 Å². The molecule has 6 heteroatoms. The lowest BCUT2D eigenvalue weighted by Crippen LogP contribution is -2.51. The molecule has 0 amide bonds. The van der Waals surface area contributed by atoms with Gasteiger partial charge >= 0.3 is 0 Å². The average Bonchev–Trinajstić information content (AvgIpc) is 3.64. The Morgan fingerprint density at radius 2 is 1.43 bits per heavy atom. The molecule has 6 nitrogen and oxygen atoms in total. The Labute approximate surface area is 390 Å². The van der Waals surface area contributed by atoms with Gasteiger partial charge in [-0.1, -0.05) is 142 Å². The average molecular weight is 882 g/mol. The second kappa shape index (κ2) is 29.9. The number of allylic oxidation sites excluding steroid dienone is 3. The molecule has 5 rings (SSSR count). The maximum atomic E-state index is 6.52. The van der Waals surface area contributed by atoms with Crippen LogP contribution in [0, 0.1) is 46.3 Å². The number of rotatable bonds is 34. The summed E-state index contributed by atoms with van der Waals surface area (Å²) in [5.41, 5.74) is 2.67. The van der Waals surface area contributed by atoms with Crippen LogP contribution in [0.4, 0.5) is 0 Å². The first kappa shape index (κ1) is 53.2. The van der Waals surface area contributed by atoms with Crippen LogP contribution in [0.3, 0.4) is 0 Å². The van der Waals surface area contributed by atoms with Gasteiger partial charge in [0.15, 0.2) is 0 Å². The molecule has 4 aliphatic carbocycles. The Balaban J connectivity index is 0.912. The lowest BCUT2D eigenvalue weighted by Gasteiger charge is -2.58. The molecule has 3 saturated carbocycles. The van der Waals surface area contributed by atoms with Crippen LogP contribution in [0.1, 0.15) is 208 Å². The summed E-state index contributed by atoms with van der Waals surface area (Å²) in [5.74, 6) is 5.35. The second-order valence-electron chi connectivity index (χ2n) is 22.4. The fourth-order valence-electron chi connectivity index (χ4n) is 13.5. The minimum absolute atomic E-state index is 0.109. The minimum atomic E-state index is 0.109. The van der Waals surface area contributed by atoms with Gasteiger partial charge in [-0.05, 0) is 136 Å². The predicted molar refractivity (Wildman–Crippen MR) is 265 cm³/mol. The zero-order chi connectivity index (χ0) is 44.6. The van der Waals surface area contributed by atoms with Gasteiger partial charge in [0.25, 0.3) is 0 Å². The largest absolute Gasteiger partial charge is 0.379 e. The van der Waals surface area contributed by atoms with Crippen molar-refractivity contribution < 1.29 is 23.7 Å². The van der Waals surface area contributed by atoms with Gasteiger partial charge < -0.3 is 23.7 Å². The summed E-state index contributed by atoms with van der Waals surface area (Å²) in [7, 11) is 0. The van der Waals surface area contributed by atoms with Crippen molar-refractivity contribution in [2.75, 3.05) is 72.5 Å². The molecule has 1 heterocycles. The molecule has 0 spiro atoms. The summed E-state index contributed by atoms with van der Waals surface area (Å²) in [6, 6.07) is 0. The van der Waals surface area contributed by atoms with E-state index in [0.29, 0.717) is 50.0 Å². The van der Waals surface area contributed by atoms with Gasteiger partial charge in [0, 0.05) is 26.2 Å². The van der Waals surface area contributed by atoms with Crippen molar-refractivity contribution in [3.63, 3.8) is 0 Å². The number of unbranched alkanes of at least 4 members (excludes halogenated alkanes) is 12. The highest BCUT2D eigenvalue weighted by molar-refractivity contribution is 5.25. The molecule has 9 atom stereocenters. The first-order chi connectivity index (χ1) is 30.7. The van der Waals surface area contributed by atoms with Gasteiger partial charge in [0.2, 0.25) is 0 Å². The second-order valence-corrected chi connectivity index (χ2v) is 22.4. The van der Waals surface area contributed by atoms with E-state index in [1.54, 1.807) is 5.57 Å². The standard InChI is InChI=1S/C57H103NO5/c1-7-8-9-10-11-12-13-14-15-16-17-18-19-20-21-22-38-61-46-51(32-35-58-36-39-59-40-37-58)63-44-42-60-41-43-62-50-30-33-56(5)49(45-50)26-27-52-54-29-28-53(48(4)25-23-24-47(2)3)57(54,6)34-31-55(52)56/h14-15,26,47-48,50-55H,7-13,16-25,27-46H2,1-6H3/b15-14-/t48-,50?,51?,52?,53?,54?,55?,56?,57+/m0/s1. The third-order valence-corrected chi connectivity index (χ3v) is 17.4. The number of nitrogens with zero attached hydrogens (tertiary/aromatic N) is 1. The van der Waals surface area contributed by atoms with Crippen LogP contribution in [-0.2, 0) is 23.7 Å². The molecule has 0 radical (unpaired) electrons. The zero-order valence-corrected chi connectivity index (χ0v) is 42.5. The van der Waals surface area contributed by atoms with Crippen molar-refractivity contribution in [1.29, 1.82) is 0 Å². The molecule has 366 valence electrons. The van der Waals surface area contributed by atoms with Crippen molar-refractivity contribution in [2.45, 2.75) is 221 Å². The molecule has 1 aliphatic heterocycles. The fourth-order valence-corrected chi connectivity index (χ4v) is 13.5. The van der Waals surface area contributed by atoms with Crippen LogP contribution >= 0.6 is 0 Å². The van der Waals surface area contributed by atoms with E-state index in [1.807, 2.05) is 0 Å². The Morgan fingerprint density at radius 1 is 0.714 bits per heavy atom. The van der Waals surface area contributed by atoms with Crippen molar-refractivity contribution in [3.8, 4) is 0 Å². The number of hydrogen-bond donors (Lipinski definition) is 0. The lowest BCUT2D eigenvalue weighted by atomic mass is 9.47.